The van der Waals surface area contributed by atoms with Crippen molar-refractivity contribution in [3.8, 4) is 0 Å². The van der Waals surface area contributed by atoms with Gasteiger partial charge in [0.25, 0.3) is 0 Å². The van der Waals surface area contributed by atoms with Crippen molar-refractivity contribution in [1.82, 2.24) is 0 Å². The summed E-state index contributed by atoms with van der Waals surface area (Å²) in [7, 11) is 0. The molecule has 1 aliphatic rings. The zero-order chi connectivity index (χ0) is 14.2. The van der Waals surface area contributed by atoms with Crippen LogP contribution in [0.2, 0.25) is 0 Å². The second-order valence-electron chi connectivity index (χ2n) is 4.57. The largest absolute Gasteiger partial charge is 0.417 e. The lowest BCUT2D eigenvalue weighted by Crippen LogP contribution is -2.13. The van der Waals surface area contributed by atoms with Gasteiger partial charge < -0.3 is 4.31 Å². The Morgan fingerprint density at radius 3 is 2.45 bits per heavy atom. The van der Waals surface area contributed by atoms with E-state index in [1.807, 2.05) is 28.6 Å². The van der Waals surface area contributed by atoms with E-state index in [0.29, 0.717) is 0 Å². The number of hydrogen-bond donors (Lipinski definition) is 0. The van der Waals surface area contributed by atoms with Crippen LogP contribution >= 0.6 is 11.9 Å². The summed E-state index contributed by atoms with van der Waals surface area (Å²) in [5, 5.41) is 0. The molecule has 20 heavy (non-hydrogen) atoms. The lowest BCUT2D eigenvalue weighted by atomic mass is 10.2. The molecule has 0 unspecified atom stereocenters. The summed E-state index contributed by atoms with van der Waals surface area (Å²) in [5.74, 6) is 0. The van der Waals surface area contributed by atoms with Gasteiger partial charge in [0, 0.05) is 11.4 Å². The van der Waals surface area contributed by atoms with Gasteiger partial charge in [0.15, 0.2) is 0 Å². The molecule has 2 aromatic carbocycles. The van der Waals surface area contributed by atoms with Gasteiger partial charge in [0.1, 0.15) is 0 Å². The molecule has 0 fully saturated rings. The summed E-state index contributed by atoms with van der Waals surface area (Å²) in [6.45, 7) is 0.732. The number of hydrogen-bond acceptors (Lipinski definition) is 2. The van der Waals surface area contributed by atoms with Crippen molar-refractivity contribution in [1.29, 1.82) is 0 Å². The van der Waals surface area contributed by atoms with Gasteiger partial charge in [-0.25, -0.2) is 0 Å². The van der Waals surface area contributed by atoms with E-state index in [-0.39, 0.29) is 4.90 Å². The molecule has 104 valence electrons. The maximum absolute atomic E-state index is 13.0. The highest BCUT2D eigenvalue weighted by atomic mass is 32.2. The quantitative estimate of drug-likeness (QED) is 0.734. The highest BCUT2D eigenvalue weighted by Crippen LogP contribution is 2.41. The molecule has 2 aromatic rings. The van der Waals surface area contributed by atoms with Crippen LogP contribution < -0.4 is 4.31 Å². The fourth-order valence-corrected chi connectivity index (χ4v) is 3.42. The molecule has 1 aliphatic heterocycles. The number of anilines is 1. The second kappa shape index (κ2) is 5.05. The minimum atomic E-state index is -4.32. The predicted octanol–water partition coefficient (Wildman–Crippen LogP) is 4.78. The van der Waals surface area contributed by atoms with E-state index in [9.17, 15) is 13.2 Å². The minimum Gasteiger partial charge on any atom is -0.312 e. The van der Waals surface area contributed by atoms with Crippen molar-refractivity contribution in [3.63, 3.8) is 0 Å². The number of nitrogens with zero attached hydrogens (tertiary/aromatic N) is 1. The molecular weight excluding hydrogens is 283 g/mol. The van der Waals surface area contributed by atoms with Crippen LogP contribution in [0, 0.1) is 0 Å². The SMILES string of the molecule is FC(F)(F)c1ccccc1SN1CCc2ccccc21. The maximum Gasteiger partial charge on any atom is 0.417 e. The molecule has 0 bridgehead atoms. The van der Waals surface area contributed by atoms with Gasteiger partial charge in [-0.2, -0.15) is 13.2 Å². The maximum atomic E-state index is 13.0. The van der Waals surface area contributed by atoms with Crippen molar-refractivity contribution in [2.24, 2.45) is 0 Å². The average Bonchev–Trinajstić information content (AvgIpc) is 2.82. The van der Waals surface area contributed by atoms with E-state index in [2.05, 4.69) is 0 Å². The smallest absolute Gasteiger partial charge is 0.312 e. The van der Waals surface area contributed by atoms with E-state index >= 15 is 0 Å². The first-order valence-electron chi connectivity index (χ1n) is 6.25. The first-order valence-corrected chi connectivity index (χ1v) is 7.03. The third kappa shape index (κ3) is 2.50. The number of para-hydroxylation sites is 1. The van der Waals surface area contributed by atoms with Crippen LogP contribution in [0.15, 0.2) is 53.4 Å². The van der Waals surface area contributed by atoms with Crippen molar-refractivity contribution < 1.29 is 13.2 Å². The van der Waals surface area contributed by atoms with Gasteiger partial charge in [-0.05, 0) is 42.1 Å². The first-order chi connectivity index (χ1) is 9.55. The molecule has 5 heteroatoms. The number of rotatable bonds is 2. The monoisotopic (exact) mass is 295 g/mol. The van der Waals surface area contributed by atoms with E-state index < -0.39 is 11.7 Å². The van der Waals surface area contributed by atoms with Gasteiger partial charge in [-0.15, -0.1) is 0 Å². The Labute approximate surface area is 119 Å². The summed E-state index contributed by atoms with van der Waals surface area (Å²) < 4.78 is 40.9. The first kappa shape index (κ1) is 13.4. The fourth-order valence-electron chi connectivity index (χ4n) is 2.30. The lowest BCUT2D eigenvalue weighted by Gasteiger charge is -2.20. The van der Waals surface area contributed by atoms with E-state index in [1.165, 1.54) is 17.7 Å². The zero-order valence-corrected chi connectivity index (χ0v) is 11.3. The minimum absolute atomic E-state index is 0.247. The molecule has 0 saturated heterocycles. The number of benzene rings is 2. The van der Waals surface area contributed by atoms with E-state index in [0.717, 1.165) is 36.7 Å². The molecule has 0 saturated carbocycles. The molecular formula is C15H12F3NS. The number of alkyl halides is 3. The molecule has 0 amide bonds. The van der Waals surface area contributed by atoms with Crippen molar-refractivity contribution >= 4 is 17.6 Å². The van der Waals surface area contributed by atoms with Crippen LogP contribution in [-0.2, 0) is 12.6 Å². The van der Waals surface area contributed by atoms with Crippen molar-refractivity contribution in [2.45, 2.75) is 17.5 Å². The second-order valence-corrected chi connectivity index (χ2v) is 5.63. The Morgan fingerprint density at radius 2 is 1.65 bits per heavy atom. The van der Waals surface area contributed by atoms with Crippen LogP contribution in [0.3, 0.4) is 0 Å². The van der Waals surface area contributed by atoms with Gasteiger partial charge in [0.2, 0.25) is 0 Å². The molecule has 0 aromatic heterocycles. The Kier molecular flexibility index (Phi) is 3.38. The zero-order valence-electron chi connectivity index (χ0n) is 10.5. The van der Waals surface area contributed by atoms with Gasteiger partial charge in [0.05, 0.1) is 11.3 Å². The van der Waals surface area contributed by atoms with Crippen LogP contribution in [-0.4, -0.2) is 6.54 Å². The highest BCUT2D eigenvalue weighted by molar-refractivity contribution is 8.00. The molecule has 3 rings (SSSR count). The van der Waals surface area contributed by atoms with Crippen LogP contribution in [0.1, 0.15) is 11.1 Å². The molecule has 0 aliphatic carbocycles. The molecule has 0 spiro atoms. The Hall–Kier alpha value is -1.62. The average molecular weight is 295 g/mol. The van der Waals surface area contributed by atoms with E-state index in [1.54, 1.807) is 6.07 Å². The third-order valence-corrected chi connectivity index (χ3v) is 4.40. The number of halogens is 3. The molecule has 0 N–H and O–H groups in total. The third-order valence-electron chi connectivity index (χ3n) is 3.25. The van der Waals surface area contributed by atoms with Gasteiger partial charge in [-0.1, -0.05) is 30.3 Å². The Morgan fingerprint density at radius 1 is 0.950 bits per heavy atom. The predicted molar refractivity (Wildman–Crippen MR) is 74.8 cm³/mol. The summed E-state index contributed by atoms with van der Waals surface area (Å²) in [5.41, 5.74) is 1.62. The van der Waals surface area contributed by atoms with Crippen molar-refractivity contribution in [3.05, 3.63) is 59.7 Å². The standard InChI is InChI=1S/C15H12F3NS/c16-15(17,18)12-6-2-4-8-14(12)20-19-10-9-11-5-1-3-7-13(11)19/h1-8H,9-10H2. The van der Waals surface area contributed by atoms with Crippen LogP contribution in [0.25, 0.3) is 0 Å². The topological polar surface area (TPSA) is 3.24 Å². The summed E-state index contributed by atoms with van der Waals surface area (Å²) in [6.07, 6.45) is -3.44. The summed E-state index contributed by atoms with van der Waals surface area (Å²) in [6, 6.07) is 13.5. The molecule has 0 radical (unpaired) electrons. The lowest BCUT2D eigenvalue weighted by molar-refractivity contribution is -0.139. The highest BCUT2D eigenvalue weighted by Gasteiger charge is 2.34. The van der Waals surface area contributed by atoms with Gasteiger partial charge in [-0.3, -0.25) is 0 Å². The Bertz CT molecular complexity index is 625. The summed E-state index contributed by atoms with van der Waals surface area (Å²) >= 11 is 1.16. The molecule has 1 nitrogen and oxygen atoms in total. The fraction of sp³-hybridized carbons (Fsp3) is 0.200. The number of fused-ring (bicyclic) bond motifs is 1. The van der Waals surface area contributed by atoms with Crippen LogP contribution in [0.5, 0.6) is 0 Å². The van der Waals surface area contributed by atoms with Crippen LogP contribution in [0.4, 0.5) is 18.9 Å². The molecule has 1 heterocycles. The molecule has 0 atom stereocenters. The summed E-state index contributed by atoms with van der Waals surface area (Å²) in [4.78, 5) is 0.247. The normalized spacial score (nSPS) is 14.4. The van der Waals surface area contributed by atoms with Gasteiger partial charge >= 0.3 is 6.18 Å². The van der Waals surface area contributed by atoms with Crippen molar-refractivity contribution in [2.75, 3.05) is 10.8 Å². The van der Waals surface area contributed by atoms with E-state index in [4.69, 9.17) is 0 Å². The Balaban J connectivity index is 1.90.